The Morgan fingerprint density at radius 2 is 2.29 bits per heavy atom. The van der Waals surface area contributed by atoms with E-state index >= 15 is 0 Å². The van der Waals surface area contributed by atoms with Crippen molar-refractivity contribution in [3.63, 3.8) is 0 Å². The van der Waals surface area contributed by atoms with E-state index in [2.05, 4.69) is 4.85 Å². The Kier molecular flexibility index (Phi) is 3.19. The van der Waals surface area contributed by atoms with Crippen LogP contribution in [0.2, 0.25) is 0 Å². The molecule has 0 N–H and O–H groups in total. The highest BCUT2D eigenvalue weighted by atomic mass is 16.6. The summed E-state index contributed by atoms with van der Waals surface area (Å²) in [5.41, 5.74) is 1.76. The van der Waals surface area contributed by atoms with Crippen molar-refractivity contribution in [1.29, 1.82) is 0 Å². The molecule has 1 aromatic carbocycles. The van der Waals surface area contributed by atoms with Crippen LogP contribution in [0, 0.1) is 23.6 Å². The minimum atomic E-state index is -0.395. The van der Waals surface area contributed by atoms with Crippen molar-refractivity contribution in [1.82, 2.24) is 0 Å². The first kappa shape index (κ1) is 10.2. The SMILES string of the molecule is [C-]#[N+]CCc1ccc([N+](=O)[O-])c(C)c1. The summed E-state index contributed by atoms with van der Waals surface area (Å²) in [7, 11) is 0. The highest BCUT2D eigenvalue weighted by Crippen LogP contribution is 2.18. The van der Waals surface area contributed by atoms with Crippen LogP contribution in [0.3, 0.4) is 0 Å². The van der Waals surface area contributed by atoms with Crippen molar-refractivity contribution < 1.29 is 4.92 Å². The summed E-state index contributed by atoms with van der Waals surface area (Å²) in [6, 6.07) is 4.97. The van der Waals surface area contributed by atoms with Gasteiger partial charge in [0.1, 0.15) is 0 Å². The maximum Gasteiger partial charge on any atom is 0.272 e. The third kappa shape index (κ3) is 2.30. The molecule has 0 amide bonds. The van der Waals surface area contributed by atoms with Gasteiger partial charge in [0.2, 0.25) is 6.54 Å². The fourth-order valence-electron chi connectivity index (χ4n) is 1.26. The van der Waals surface area contributed by atoms with E-state index in [1.54, 1.807) is 19.1 Å². The molecule has 0 saturated heterocycles. The number of nitro benzene ring substituents is 1. The van der Waals surface area contributed by atoms with Crippen LogP contribution in [0.4, 0.5) is 5.69 Å². The molecule has 0 saturated carbocycles. The zero-order chi connectivity index (χ0) is 10.6. The summed E-state index contributed by atoms with van der Waals surface area (Å²) in [5, 5.41) is 10.5. The van der Waals surface area contributed by atoms with E-state index < -0.39 is 4.92 Å². The third-order valence-corrected chi connectivity index (χ3v) is 1.97. The van der Waals surface area contributed by atoms with Gasteiger partial charge in [0, 0.05) is 18.1 Å². The Labute approximate surface area is 82.1 Å². The molecule has 0 fully saturated rings. The van der Waals surface area contributed by atoms with Crippen molar-refractivity contribution in [2.24, 2.45) is 0 Å². The zero-order valence-corrected chi connectivity index (χ0v) is 7.86. The molecule has 0 aliphatic rings. The molecule has 0 aliphatic heterocycles. The third-order valence-electron chi connectivity index (χ3n) is 1.97. The highest BCUT2D eigenvalue weighted by Gasteiger charge is 2.09. The molecule has 0 spiro atoms. The lowest BCUT2D eigenvalue weighted by Crippen LogP contribution is -1.94. The molecule has 0 heterocycles. The lowest BCUT2D eigenvalue weighted by atomic mass is 10.1. The Hall–Kier alpha value is -1.89. The van der Waals surface area contributed by atoms with Gasteiger partial charge in [0.05, 0.1) is 4.92 Å². The van der Waals surface area contributed by atoms with Crippen LogP contribution < -0.4 is 0 Å². The fourth-order valence-corrected chi connectivity index (χ4v) is 1.26. The molecule has 4 nitrogen and oxygen atoms in total. The Morgan fingerprint density at radius 3 is 2.79 bits per heavy atom. The van der Waals surface area contributed by atoms with Crippen LogP contribution in [0.15, 0.2) is 18.2 Å². The molecule has 0 unspecified atom stereocenters. The van der Waals surface area contributed by atoms with Crippen molar-refractivity contribution in [2.45, 2.75) is 13.3 Å². The molecule has 0 bridgehead atoms. The first-order chi connectivity index (χ1) is 6.65. The number of nitrogens with zero attached hydrogens (tertiary/aromatic N) is 2. The molecule has 0 aromatic heterocycles. The maximum absolute atomic E-state index is 10.5. The lowest BCUT2D eigenvalue weighted by molar-refractivity contribution is -0.385. The number of nitro groups is 1. The second-order valence-corrected chi connectivity index (χ2v) is 3.01. The van der Waals surface area contributed by atoms with Gasteiger partial charge in [-0.3, -0.25) is 10.1 Å². The molecular formula is C10H10N2O2. The van der Waals surface area contributed by atoms with E-state index in [9.17, 15) is 10.1 Å². The van der Waals surface area contributed by atoms with Gasteiger partial charge in [0.25, 0.3) is 5.69 Å². The lowest BCUT2D eigenvalue weighted by Gasteiger charge is -1.99. The quantitative estimate of drug-likeness (QED) is 0.417. The smallest absolute Gasteiger partial charge is 0.272 e. The van der Waals surface area contributed by atoms with Crippen molar-refractivity contribution in [3.05, 3.63) is 50.9 Å². The minimum Gasteiger partial charge on any atom is -0.317 e. The van der Waals surface area contributed by atoms with Gasteiger partial charge < -0.3 is 4.85 Å². The maximum atomic E-state index is 10.5. The van der Waals surface area contributed by atoms with Crippen molar-refractivity contribution in [3.8, 4) is 0 Å². The fraction of sp³-hybridized carbons (Fsp3) is 0.300. The first-order valence-electron chi connectivity index (χ1n) is 4.22. The Balaban J connectivity index is 2.90. The molecule has 0 aliphatic carbocycles. The summed E-state index contributed by atoms with van der Waals surface area (Å²) in [6.45, 7) is 8.77. The molecule has 0 atom stereocenters. The average Bonchev–Trinajstić information content (AvgIpc) is 2.14. The largest absolute Gasteiger partial charge is 0.317 e. The number of hydrogen-bond donors (Lipinski definition) is 0. The second kappa shape index (κ2) is 4.38. The molecule has 0 radical (unpaired) electrons. The molecular weight excluding hydrogens is 180 g/mol. The topological polar surface area (TPSA) is 47.5 Å². The molecule has 72 valence electrons. The van der Waals surface area contributed by atoms with Gasteiger partial charge in [-0.1, -0.05) is 6.07 Å². The van der Waals surface area contributed by atoms with Crippen LogP contribution in [-0.4, -0.2) is 11.5 Å². The molecule has 4 heteroatoms. The molecule has 1 rings (SSSR count). The van der Waals surface area contributed by atoms with Gasteiger partial charge in [-0.2, -0.15) is 0 Å². The monoisotopic (exact) mass is 190 g/mol. The van der Waals surface area contributed by atoms with Gasteiger partial charge >= 0.3 is 0 Å². The van der Waals surface area contributed by atoms with Crippen molar-refractivity contribution in [2.75, 3.05) is 6.54 Å². The zero-order valence-electron chi connectivity index (χ0n) is 7.86. The van der Waals surface area contributed by atoms with Gasteiger partial charge in [0.15, 0.2) is 0 Å². The van der Waals surface area contributed by atoms with E-state index in [1.807, 2.05) is 0 Å². The standard InChI is InChI=1S/C10H10N2O2/c1-8-7-9(5-6-11-2)3-4-10(8)12(13)14/h3-4,7H,5-6H2,1H3. The minimum absolute atomic E-state index is 0.136. The predicted octanol–water partition coefficient (Wildman–Crippen LogP) is 2.37. The van der Waals surface area contributed by atoms with E-state index in [0.29, 0.717) is 18.5 Å². The second-order valence-electron chi connectivity index (χ2n) is 3.01. The van der Waals surface area contributed by atoms with E-state index in [4.69, 9.17) is 6.57 Å². The van der Waals surface area contributed by atoms with Crippen LogP contribution in [0.25, 0.3) is 4.85 Å². The number of rotatable bonds is 3. The van der Waals surface area contributed by atoms with E-state index in [1.165, 1.54) is 6.07 Å². The van der Waals surface area contributed by atoms with Crippen LogP contribution >= 0.6 is 0 Å². The predicted molar refractivity (Wildman–Crippen MR) is 53.0 cm³/mol. The molecule has 14 heavy (non-hydrogen) atoms. The van der Waals surface area contributed by atoms with Gasteiger partial charge in [-0.05, 0) is 18.6 Å². The van der Waals surface area contributed by atoms with Crippen LogP contribution in [0.5, 0.6) is 0 Å². The summed E-state index contributed by atoms with van der Waals surface area (Å²) >= 11 is 0. The number of benzene rings is 1. The number of hydrogen-bond acceptors (Lipinski definition) is 2. The van der Waals surface area contributed by atoms with E-state index in [0.717, 1.165) is 5.56 Å². The highest BCUT2D eigenvalue weighted by molar-refractivity contribution is 5.41. The first-order valence-corrected chi connectivity index (χ1v) is 4.22. The van der Waals surface area contributed by atoms with Gasteiger partial charge in [-0.15, -0.1) is 0 Å². The summed E-state index contributed by atoms with van der Waals surface area (Å²) in [6.07, 6.45) is 0.655. The van der Waals surface area contributed by atoms with Crippen molar-refractivity contribution >= 4 is 5.69 Å². The Morgan fingerprint density at radius 1 is 1.57 bits per heavy atom. The Bertz CT molecular complexity index is 394. The van der Waals surface area contributed by atoms with Crippen LogP contribution in [-0.2, 0) is 6.42 Å². The summed E-state index contributed by atoms with van der Waals surface area (Å²) in [5.74, 6) is 0. The van der Waals surface area contributed by atoms with Gasteiger partial charge in [-0.25, -0.2) is 6.57 Å². The summed E-state index contributed by atoms with van der Waals surface area (Å²) < 4.78 is 0. The van der Waals surface area contributed by atoms with Crippen LogP contribution in [0.1, 0.15) is 11.1 Å². The average molecular weight is 190 g/mol. The normalized spacial score (nSPS) is 9.43. The van der Waals surface area contributed by atoms with E-state index in [-0.39, 0.29) is 5.69 Å². The number of aryl methyl sites for hydroxylation is 1. The molecule has 1 aromatic rings. The summed E-state index contributed by atoms with van der Waals surface area (Å²) in [4.78, 5) is 13.3.